The van der Waals surface area contributed by atoms with E-state index < -0.39 is 0 Å². The standard InChI is InChI=1S/C22H31FN4OS.HI/c1-3-19-15-26-20(29-19)8-11-25-21(24-4-2)27-16-22(9-12-28-13-10-22)17-6-5-7-18(23)14-17;/h5-7,14-15H,3-4,8-13,16H2,1-2H3,(H2,24,25,27);1H. The van der Waals surface area contributed by atoms with Crippen LogP contribution in [0.1, 0.15) is 42.1 Å². The van der Waals surface area contributed by atoms with Gasteiger partial charge in [-0.2, -0.15) is 0 Å². The van der Waals surface area contributed by atoms with Gasteiger partial charge in [0.1, 0.15) is 5.82 Å². The maximum Gasteiger partial charge on any atom is 0.191 e. The van der Waals surface area contributed by atoms with Crippen molar-refractivity contribution in [3.8, 4) is 0 Å². The largest absolute Gasteiger partial charge is 0.381 e. The first-order chi connectivity index (χ1) is 14.1. The molecule has 8 heteroatoms. The van der Waals surface area contributed by atoms with Crippen LogP contribution in [0.15, 0.2) is 35.5 Å². The van der Waals surface area contributed by atoms with Crippen LogP contribution < -0.4 is 10.6 Å². The number of aliphatic imine (C=N–C) groups is 1. The van der Waals surface area contributed by atoms with Crippen molar-refractivity contribution in [2.45, 2.75) is 44.9 Å². The van der Waals surface area contributed by atoms with Crippen molar-refractivity contribution in [2.24, 2.45) is 4.99 Å². The van der Waals surface area contributed by atoms with Gasteiger partial charge in [-0.25, -0.2) is 9.37 Å². The molecule has 1 aromatic heterocycles. The third-order valence-electron chi connectivity index (χ3n) is 5.35. The molecule has 1 aromatic carbocycles. The molecule has 2 heterocycles. The second kappa shape index (κ2) is 12.6. The molecule has 5 nitrogen and oxygen atoms in total. The summed E-state index contributed by atoms with van der Waals surface area (Å²) in [5.74, 6) is 0.597. The van der Waals surface area contributed by atoms with Gasteiger partial charge in [0.25, 0.3) is 0 Å². The number of nitrogens with one attached hydrogen (secondary N) is 2. The van der Waals surface area contributed by atoms with Crippen molar-refractivity contribution >= 4 is 41.3 Å². The Kier molecular flexibility index (Phi) is 10.5. The molecule has 0 bridgehead atoms. The number of nitrogens with zero attached hydrogens (tertiary/aromatic N) is 2. The minimum absolute atomic E-state index is 0. The molecule has 1 aliphatic rings. The van der Waals surface area contributed by atoms with Gasteiger partial charge in [-0.05, 0) is 43.9 Å². The van der Waals surface area contributed by atoms with Crippen molar-refractivity contribution in [1.82, 2.24) is 15.6 Å². The fraction of sp³-hybridized carbons (Fsp3) is 0.545. The predicted octanol–water partition coefficient (Wildman–Crippen LogP) is 4.31. The zero-order chi connectivity index (χ0) is 20.5. The second-order valence-corrected chi connectivity index (χ2v) is 8.55. The average molecular weight is 546 g/mol. The van der Waals surface area contributed by atoms with Crippen LogP contribution in [-0.4, -0.2) is 43.8 Å². The molecule has 1 saturated heterocycles. The topological polar surface area (TPSA) is 58.5 Å². The van der Waals surface area contributed by atoms with Gasteiger partial charge in [0.15, 0.2) is 5.96 Å². The first-order valence-electron chi connectivity index (χ1n) is 10.4. The Labute approximate surface area is 200 Å². The molecule has 2 aromatic rings. The van der Waals surface area contributed by atoms with Gasteiger partial charge >= 0.3 is 0 Å². The molecule has 0 saturated carbocycles. The van der Waals surface area contributed by atoms with Gasteiger partial charge in [-0.1, -0.05) is 19.1 Å². The minimum Gasteiger partial charge on any atom is -0.381 e. The normalized spacial score (nSPS) is 16.0. The van der Waals surface area contributed by atoms with Crippen LogP contribution in [0.4, 0.5) is 4.39 Å². The summed E-state index contributed by atoms with van der Waals surface area (Å²) in [6.45, 7) is 7.74. The molecular weight excluding hydrogens is 514 g/mol. The number of hydrogen-bond donors (Lipinski definition) is 2. The zero-order valence-corrected chi connectivity index (χ0v) is 20.9. The summed E-state index contributed by atoms with van der Waals surface area (Å²) in [6, 6.07) is 6.94. The van der Waals surface area contributed by atoms with Crippen molar-refractivity contribution in [3.63, 3.8) is 0 Å². The van der Waals surface area contributed by atoms with Crippen molar-refractivity contribution in [1.29, 1.82) is 0 Å². The molecule has 0 atom stereocenters. The molecular formula is C22H32FIN4OS. The monoisotopic (exact) mass is 546 g/mol. The fourth-order valence-electron chi connectivity index (χ4n) is 3.61. The number of halogens is 2. The Morgan fingerprint density at radius 3 is 2.73 bits per heavy atom. The third-order valence-corrected chi connectivity index (χ3v) is 6.55. The lowest BCUT2D eigenvalue weighted by molar-refractivity contribution is 0.0530. The van der Waals surface area contributed by atoms with Crippen LogP contribution in [0.2, 0.25) is 0 Å². The molecule has 0 aliphatic carbocycles. The highest BCUT2D eigenvalue weighted by molar-refractivity contribution is 14.0. The molecule has 166 valence electrons. The fourth-order valence-corrected chi connectivity index (χ4v) is 4.47. The highest BCUT2D eigenvalue weighted by Gasteiger charge is 2.34. The summed E-state index contributed by atoms with van der Waals surface area (Å²) in [6.07, 6.45) is 5.56. The second-order valence-electron chi connectivity index (χ2n) is 7.35. The Bertz CT molecular complexity index is 808. The number of thiazole rings is 1. The van der Waals surface area contributed by atoms with Crippen molar-refractivity contribution in [3.05, 3.63) is 51.7 Å². The van der Waals surface area contributed by atoms with E-state index in [1.807, 2.05) is 12.3 Å². The van der Waals surface area contributed by atoms with Crippen LogP contribution in [0.3, 0.4) is 0 Å². The van der Waals surface area contributed by atoms with Crippen LogP contribution in [0.25, 0.3) is 0 Å². The maximum atomic E-state index is 13.9. The number of aromatic nitrogens is 1. The van der Waals surface area contributed by atoms with Crippen LogP contribution in [0, 0.1) is 5.82 Å². The molecule has 3 rings (SSSR count). The first-order valence-corrected chi connectivity index (χ1v) is 11.3. The molecule has 0 spiro atoms. The molecule has 1 fully saturated rings. The number of hydrogen-bond acceptors (Lipinski definition) is 4. The van der Waals surface area contributed by atoms with Gasteiger partial charge in [-0.15, -0.1) is 35.3 Å². The van der Waals surface area contributed by atoms with E-state index in [2.05, 4.69) is 29.5 Å². The van der Waals surface area contributed by atoms with Gasteiger partial charge in [-0.3, -0.25) is 4.99 Å². The number of rotatable bonds is 8. The molecule has 0 radical (unpaired) electrons. The van der Waals surface area contributed by atoms with E-state index in [0.717, 1.165) is 55.3 Å². The predicted molar refractivity (Wildman–Crippen MR) is 133 cm³/mol. The lowest BCUT2D eigenvalue weighted by atomic mass is 9.74. The third kappa shape index (κ3) is 6.88. The molecule has 2 N–H and O–H groups in total. The summed E-state index contributed by atoms with van der Waals surface area (Å²) < 4.78 is 19.4. The summed E-state index contributed by atoms with van der Waals surface area (Å²) in [5, 5.41) is 7.88. The Morgan fingerprint density at radius 1 is 1.27 bits per heavy atom. The highest BCUT2D eigenvalue weighted by atomic mass is 127. The van der Waals surface area contributed by atoms with Crippen molar-refractivity contribution < 1.29 is 9.13 Å². The lowest BCUT2D eigenvalue weighted by Gasteiger charge is -2.36. The highest BCUT2D eigenvalue weighted by Crippen LogP contribution is 2.35. The average Bonchev–Trinajstić information content (AvgIpc) is 3.21. The number of aryl methyl sites for hydroxylation is 1. The van der Waals surface area contributed by atoms with E-state index in [1.54, 1.807) is 23.5 Å². The van der Waals surface area contributed by atoms with Gasteiger partial charge in [0.2, 0.25) is 0 Å². The van der Waals surface area contributed by atoms with E-state index in [-0.39, 0.29) is 35.2 Å². The van der Waals surface area contributed by atoms with E-state index in [0.29, 0.717) is 19.8 Å². The summed E-state index contributed by atoms with van der Waals surface area (Å²) in [5.41, 5.74) is 0.823. The minimum atomic E-state index is -0.197. The number of benzene rings is 1. The van der Waals surface area contributed by atoms with Gasteiger partial charge in [0.05, 0.1) is 11.6 Å². The molecule has 0 amide bonds. The Hall–Kier alpha value is -1.26. The maximum absolute atomic E-state index is 13.9. The Balaban J connectivity index is 0.00000320. The summed E-state index contributed by atoms with van der Waals surface area (Å²) in [7, 11) is 0. The smallest absolute Gasteiger partial charge is 0.191 e. The number of guanidine groups is 1. The van der Waals surface area contributed by atoms with Gasteiger partial charge < -0.3 is 15.4 Å². The van der Waals surface area contributed by atoms with E-state index in [4.69, 9.17) is 9.73 Å². The first kappa shape index (κ1) is 25.0. The summed E-state index contributed by atoms with van der Waals surface area (Å²) in [4.78, 5) is 10.7. The molecule has 30 heavy (non-hydrogen) atoms. The van der Waals surface area contributed by atoms with E-state index in [9.17, 15) is 4.39 Å². The lowest BCUT2D eigenvalue weighted by Crippen LogP contribution is -2.41. The number of ether oxygens (including phenoxy) is 1. The zero-order valence-electron chi connectivity index (χ0n) is 17.7. The van der Waals surface area contributed by atoms with Crippen LogP contribution in [0.5, 0.6) is 0 Å². The SMILES string of the molecule is CCNC(=NCC1(c2cccc(F)c2)CCOCC1)NCCc1ncc(CC)s1.I. The van der Waals surface area contributed by atoms with E-state index in [1.165, 1.54) is 10.9 Å². The van der Waals surface area contributed by atoms with E-state index >= 15 is 0 Å². The summed E-state index contributed by atoms with van der Waals surface area (Å²) >= 11 is 1.77. The van der Waals surface area contributed by atoms with Gasteiger partial charge in [0, 0.05) is 49.2 Å². The van der Waals surface area contributed by atoms with Crippen LogP contribution >= 0.6 is 35.3 Å². The molecule has 1 aliphatic heterocycles. The van der Waals surface area contributed by atoms with Crippen LogP contribution in [-0.2, 0) is 23.0 Å². The molecule has 0 unspecified atom stereocenters. The Morgan fingerprint density at radius 2 is 2.07 bits per heavy atom. The van der Waals surface area contributed by atoms with Crippen molar-refractivity contribution in [2.75, 3.05) is 32.8 Å². The quantitative estimate of drug-likeness (QED) is 0.295.